The molecule has 0 bridgehead atoms. The first-order valence-electron chi connectivity index (χ1n) is 8.22. The van der Waals surface area contributed by atoms with Crippen LogP contribution in [-0.4, -0.2) is 18.5 Å². The quantitative estimate of drug-likeness (QED) is 0.859. The molecular weight excluding hydrogens is 298 g/mol. The van der Waals surface area contributed by atoms with E-state index in [0.717, 1.165) is 44.1 Å². The van der Waals surface area contributed by atoms with Crippen molar-refractivity contribution >= 4 is 28.2 Å². The molecule has 1 aromatic heterocycles. The summed E-state index contributed by atoms with van der Waals surface area (Å²) in [6.45, 7) is 4.40. The van der Waals surface area contributed by atoms with Crippen LogP contribution in [0.5, 0.6) is 0 Å². The maximum Gasteiger partial charge on any atom is 0.341 e. The number of amides is 1. The highest BCUT2D eigenvalue weighted by Crippen LogP contribution is 2.40. The lowest BCUT2D eigenvalue weighted by Gasteiger charge is -2.23. The standard InChI is InChI=1S/C17H23NO3S/c1-3-21-17(20)14-12-8-7-10(2)9-13(12)22-16(14)18-15(19)11-5-4-6-11/h10-11H,3-9H2,1-2H3,(H,18,19)/t10-/m1/s1. The Kier molecular flexibility index (Phi) is 4.52. The number of thiophene rings is 1. The second-order valence-electron chi connectivity index (χ2n) is 6.39. The van der Waals surface area contributed by atoms with Crippen molar-refractivity contribution in [1.29, 1.82) is 0 Å². The highest BCUT2D eigenvalue weighted by atomic mass is 32.1. The van der Waals surface area contributed by atoms with E-state index >= 15 is 0 Å². The highest BCUT2D eigenvalue weighted by Gasteiger charge is 2.31. The number of carbonyl (C=O) groups excluding carboxylic acids is 2. The first-order valence-corrected chi connectivity index (χ1v) is 9.04. The minimum atomic E-state index is -0.293. The van der Waals surface area contributed by atoms with Crippen LogP contribution in [0.1, 0.15) is 60.3 Å². The fourth-order valence-corrected chi connectivity index (χ4v) is 4.54. The molecular formula is C17H23NO3S. The third-order valence-electron chi connectivity index (χ3n) is 4.70. The number of fused-ring (bicyclic) bond motifs is 1. The van der Waals surface area contributed by atoms with E-state index in [1.54, 1.807) is 11.3 Å². The number of esters is 1. The summed E-state index contributed by atoms with van der Waals surface area (Å²) in [5, 5.41) is 3.71. The number of rotatable bonds is 4. The average molecular weight is 321 g/mol. The third kappa shape index (κ3) is 2.91. The lowest BCUT2D eigenvalue weighted by Crippen LogP contribution is -2.28. The molecule has 1 N–H and O–H groups in total. The van der Waals surface area contributed by atoms with Gasteiger partial charge in [0.15, 0.2) is 0 Å². The summed E-state index contributed by atoms with van der Waals surface area (Å²) in [5.74, 6) is 0.520. The minimum absolute atomic E-state index is 0.0587. The zero-order valence-electron chi connectivity index (χ0n) is 13.2. The van der Waals surface area contributed by atoms with Gasteiger partial charge in [0, 0.05) is 10.8 Å². The lowest BCUT2D eigenvalue weighted by molar-refractivity contribution is -0.122. The molecule has 0 aliphatic heterocycles. The van der Waals surface area contributed by atoms with Gasteiger partial charge in [-0.25, -0.2) is 4.79 Å². The van der Waals surface area contributed by atoms with Crippen molar-refractivity contribution in [3.05, 3.63) is 16.0 Å². The van der Waals surface area contributed by atoms with Gasteiger partial charge in [0.2, 0.25) is 5.91 Å². The molecule has 120 valence electrons. The number of hydrogen-bond acceptors (Lipinski definition) is 4. The molecule has 0 radical (unpaired) electrons. The molecule has 1 heterocycles. The molecule has 2 aliphatic carbocycles. The van der Waals surface area contributed by atoms with Crippen molar-refractivity contribution in [1.82, 2.24) is 0 Å². The second kappa shape index (κ2) is 6.41. The number of anilines is 1. The molecule has 4 nitrogen and oxygen atoms in total. The van der Waals surface area contributed by atoms with Crippen LogP contribution in [0.15, 0.2) is 0 Å². The molecule has 22 heavy (non-hydrogen) atoms. The predicted octanol–water partition coefficient (Wildman–Crippen LogP) is 3.79. The monoisotopic (exact) mass is 321 g/mol. The summed E-state index contributed by atoms with van der Waals surface area (Å²) < 4.78 is 5.22. The molecule has 1 fully saturated rings. The molecule has 5 heteroatoms. The van der Waals surface area contributed by atoms with Crippen molar-refractivity contribution in [3.8, 4) is 0 Å². The van der Waals surface area contributed by atoms with Crippen LogP contribution in [0.25, 0.3) is 0 Å². The summed E-state index contributed by atoms with van der Waals surface area (Å²) in [6.07, 6.45) is 6.03. The van der Waals surface area contributed by atoms with Crippen LogP contribution < -0.4 is 5.32 Å². The third-order valence-corrected chi connectivity index (χ3v) is 5.87. The lowest BCUT2D eigenvalue weighted by atomic mass is 9.85. The van der Waals surface area contributed by atoms with Crippen LogP contribution in [0.2, 0.25) is 0 Å². The Labute approximate surface area is 135 Å². The first-order chi connectivity index (χ1) is 10.6. The van der Waals surface area contributed by atoms with Crippen LogP contribution in [0, 0.1) is 11.8 Å². The van der Waals surface area contributed by atoms with E-state index in [2.05, 4.69) is 12.2 Å². The molecule has 3 rings (SSSR count). The molecule has 0 saturated heterocycles. The number of hydrogen-bond donors (Lipinski definition) is 1. The zero-order valence-corrected chi connectivity index (χ0v) is 14.1. The molecule has 0 aromatic carbocycles. The topological polar surface area (TPSA) is 55.4 Å². The van der Waals surface area contributed by atoms with Crippen LogP contribution in [0.4, 0.5) is 5.00 Å². The minimum Gasteiger partial charge on any atom is -0.462 e. The van der Waals surface area contributed by atoms with Gasteiger partial charge >= 0.3 is 5.97 Å². The zero-order chi connectivity index (χ0) is 15.7. The SMILES string of the molecule is CCOC(=O)c1c(NC(=O)C2CCC2)sc2c1CC[C@@H](C)C2. The number of carbonyl (C=O) groups is 2. The molecule has 1 atom stereocenters. The summed E-state index contributed by atoms with van der Waals surface area (Å²) in [7, 11) is 0. The summed E-state index contributed by atoms with van der Waals surface area (Å²) in [4.78, 5) is 25.8. The average Bonchev–Trinajstić information content (AvgIpc) is 2.73. The Morgan fingerprint density at radius 3 is 2.73 bits per heavy atom. The largest absolute Gasteiger partial charge is 0.462 e. The van der Waals surface area contributed by atoms with E-state index in [1.165, 1.54) is 4.88 Å². The first kappa shape index (κ1) is 15.5. The summed E-state index contributed by atoms with van der Waals surface area (Å²) >= 11 is 1.57. The Hall–Kier alpha value is -1.36. The Morgan fingerprint density at radius 2 is 2.09 bits per heavy atom. The molecule has 1 aromatic rings. The van der Waals surface area contributed by atoms with Gasteiger partial charge in [0.1, 0.15) is 5.00 Å². The van der Waals surface area contributed by atoms with Crippen molar-refractivity contribution < 1.29 is 14.3 Å². The van der Waals surface area contributed by atoms with E-state index in [0.29, 0.717) is 23.1 Å². The van der Waals surface area contributed by atoms with Crippen molar-refractivity contribution in [3.63, 3.8) is 0 Å². The van der Waals surface area contributed by atoms with Crippen molar-refractivity contribution in [2.24, 2.45) is 11.8 Å². The predicted molar refractivity (Wildman–Crippen MR) is 87.4 cm³/mol. The smallest absolute Gasteiger partial charge is 0.341 e. The van der Waals surface area contributed by atoms with Crippen molar-refractivity contribution in [2.45, 2.75) is 52.4 Å². The van der Waals surface area contributed by atoms with E-state index < -0.39 is 0 Å². The van der Waals surface area contributed by atoms with Crippen LogP contribution in [0.3, 0.4) is 0 Å². The second-order valence-corrected chi connectivity index (χ2v) is 7.50. The summed E-state index contributed by atoms with van der Waals surface area (Å²) in [6, 6.07) is 0. The maximum absolute atomic E-state index is 12.3. The number of nitrogens with one attached hydrogen (secondary N) is 1. The molecule has 0 spiro atoms. The molecule has 1 amide bonds. The molecule has 1 saturated carbocycles. The van der Waals surface area contributed by atoms with E-state index in [-0.39, 0.29) is 17.8 Å². The summed E-state index contributed by atoms with van der Waals surface area (Å²) in [5.41, 5.74) is 1.71. The van der Waals surface area contributed by atoms with Gasteiger partial charge in [-0.3, -0.25) is 4.79 Å². The molecule has 2 aliphatic rings. The Balaban J connectivity index is 1.89. The van der Waals surface area contributed by atoms with Gasteiger partial charge in [0.25, 0.3) is 0 Å². The fraction of sp³-hybridized carbons (Fsp3) is 0.647. The van der Waals surface area contributed by atoms with Gasteiger partial charge < -0.3 is 10.1 Å². The Morgan fingerprint density at radius 1 is 1.32 bits per heavy atom. The van der Waals surface area contributed by atoms with Crippen molar-refractivity contribution in [2.75, 3.05) is 11.9 Å². The van der Waals surface area contributed by atoms with Gasteiger partial charge in [0.05, 0.1) is 12.2 Å². The maximum atomic E-state index is 12.3. The Bertz CT molecular complexity index is 589. The van der Waals surface area contributed by atoms with Gasteiger partial charge in [-0.1, -0.05) is 13.3 Å². The van der Waals surface area contributed by atoms with Crippen LogP contribution >= 0.6 is 11.3 Å². The van der Waals surface area contributed by atoms with Gasteiger partial charge in [-0.15, -0.1) is 11.3 Å². The van der Waals surface area contributed by atoms with E-state index in [4.69, 9.17) is 4.74 Å². The van der Waals surface area contributed by atoms with Gasteiger partial charge in [-0.2, -0.15) is 0 Å². The highest BCUT2D eigenvalue weighted by molar-refractivity contribution is 7.17. The van der Waals surface area contributed by atoms with E-state index in [9.17, 15) is 9.59 Å². The fourth-order valence-electron chi connectivity index (χ4n) is 3.14. The normalized spacial score (nSPS) is 20.9. The van der Waals surface area contributed by atoms with E-state index in [1.807, 2.05) is 6.92 Å². The number of ether oxygens (including phenoxy) is 1. The van der Waals surface area contributed by atoms with Gasteiger partial charge in [-0.05, 0) is 50.5 Å². The molecule has 0 unspecified atom stereocenters. The van der Waals surface area contributed by atoms with Crippen LogP contribution in [-0.2, 0) is 22.4 Å².